The van der Waals surface area contributed by atoms with Crippen molar-refractivity contribution in [3.63, 3.8) is 0 Å². The van der Waals surface area contributed by atoms with Crippen LogP contribution in [0.5, 0.6) is 0 Å². The molecular formula is C34H24Cl6N4O6. The summed E-state index contributed by atoms with van der Waals surface area (Å²) in [5.41, 5.74) is 1.19. The molecule has 0 radical (unpaired) electrons. The first kappa shape index (κ1) is 36.2. The van der Waals surface area contributed by atoms with Crippen molar-refractivity contribution in [3.05, 3.63) is 126 Å². The van der Waals surface area contributed by atoms with Crippen LogP contribution in [-0.2, 0) is 19.2 Å². The summed E-state index contributed by atoms with van der Waals surface area (Å²) in [6.07, 6.45) is 0. The second-order valence-electron chi connectivity index (χ2n) is 11.6. The number of carbonyl (C=O) groups excluding carboxylic acids is 2. The number of anilines is 2. The summed E-state index contributed by atoms with van der Waals surface area (Å²) >= 11 is 37.0. The number of carboxylic acid groups (broad SMARTS) is 2. The maximum atomic E-state index is 14.4. The van der Waals surface area contributed by atoms with Gasteiger partial charge in [-0.2, -0.15) is 0 Å². The lowest BCUT2D eigenvalue weighted by atomic mass is 9.81. The third kappa shape index (κ3) is 6.87. The molecule has 4 aromatic rings. The molecule has 4 aromatic carbocycles. The van der Waals surface area contributed by atoms with Crippen molar-refractivity contribution < 1.29 is 29.4 Å². The summed E-state index contributed by atoms with van der Waals surface area (Å²) in [6, 6.07) is 15.5. The number of fused-ring (bicyclic) bond motifs is 1. The lowest BCUT2D eigenvalue weighted by molar-refractivity contribution is -0.151. The molecule has 0 saturated carbocycles. The first-order chi connectivity index (χ1) is 23.8. The number of amides is 2. The molecule has 10 nitrogen and oxygen atoms in total. The van der Waals surface area contributed by atoms with E-state index in [0.717, 1.165) is 0 Å². The molecule has 2 fully saturated rings. The molecule has 0 aromatic heterocycles. The lowest BCUT2D eigenvalue weighted by Gasteiger charge is -2.33. The van der Waals surface area contributed by atoms with Crippen LogP contribution in [0.3, 0.4) is 0 Å². The first-order valence-corrected chi connectivity index (χ1v) is 17.1. The number of hydrazine groups is 1. The largest absolute Gasteiger partial charge is 0.481 e. The van der Waals surface area contributed by atoms with Crippen LogP contribution >= 0.6 is 69.6 Å². The summed E-state index contributed by atoms with van der Waals surface area (Å²) in [6.45, 7) is 0. The maximum absolute atomic E-state index is 14.4. The predicted octanol–water partition coefficient (Wildman–Crippen LogP) is 8.35. The van der Waals surface area contributed by atoms with E-state index in [1.54, 1.807) is 36.4 Å². The van der Waals surface area contributed by atoms with Crippen LogP contribution in [0, 0.1) is 11.8 Å². The molecule has 0 spiro atoms. The molecule has 6 rings (SSSR count). The van der Waals surface area contributed by atoms with Gasteiger partial charge in [0, 0.05) is 21.4 Å². The standard InChI is InChI=1S/C34H24Cl6N4O6/c35-17-5-1-15(2-6-17)27-25(31(45)41-19-9-11-21(37)23(39)13-19)30(34(49)50)44-28(16-3-7-18(36)8-4-16)26(33(47)48)29(43(27)44)32(46)42-20-10-12-22(38)24(40)14-20/h1-14,25-30H,(H,41,45)(H,42,46)(H,47,48)(H,49,50)/t25-,26-,27+,28-,29+,30+/m0/s1. The maximum Gasteiger partial charge on any atom is 0.323 e. The zero-order valence-electron chi connectivity index (χ0n) is 25.2. The van der Waals surface area contributed by atoms with Crippen LogP contribution < -0.4 is 10.6 Å². The number of carboxylic acids is 2. The second kappa shape index (κ2) is 14.6. The van der Waals surface area contributed by atoms with Gasteiger partial charge in [-0.15, -0.1) is 0 Å². The molecule has 16 heteroatoms. The van der Waals surface area contributed by atoms with Crippen LogP contribution in [-0.4, -0.2) is 56.1 Å². The Labute approximate surface area is 315 Å². The van der Waals surface area contributed by atoms with Gasteiger partial charge < -0.3 is 20.8 Å². The van der Waals surface area contributed by atoms with Gasteiger partial charge in [-0.25, -0.2) is 10.0 Å². The Bertz CT molecular complexity index is 2000. The highest BCUT2D eigenvalue weighted by atomic mass is 35.5. The minimum Gasteiger partial charge on any atom is -0.481 e. The Morgan fingerprint density at radius 3 is 1.34 bits per heavy atom. The number of aliphatic carboxylic acids is 2. The van der Waals surface area contributed by atoms with Gasteiger partial charge in [-0.05, 0) is 71.8 Å². The van der Waals surface area contributed by atoms with Crippen LogP contribution in [0.25, 0.3) is 0 Å². The molecule has 50 heavy (non-hydrogen) atoms. The van der Waals surface area contributed by atoms with Crippen LogP contribution in [0.2, 0.25) is 30.1 Å². The Hall–Kier alpha value is -3.58. The monoisotopic (exact) mass is 794 g/mol. The SMILES string of the molecule is O=C(O)[C@@H]1[C@H](C(=O)Nc2ccc(Cl)c(Cl)c2)N2[C@H](c3ccc(Cl)cc3)[C@H](C(=O)Nc3ccc(Cl)c(Cl)c3)[C@H](C(=O)O)N2[C@H]1c1ccc(Cl)cc1. The van der Waals surface area contributed by atoms with E-state index in [0.29, 0.717) is 21.2 Å². The molecular weight excluding hydrogens is 773 g/mol. The van der Waals surface area contributed by atoms with Crippen LogP contribution in [0.1, 0.15) is 23.2 Å². The number of benzene rings is 4. The average molecular weight is 797 g/mol. The summed E-state index contributed by atoms with van der Waals surface area (Å²) in [5.74, 6) is -7.33. The lowest BCUT2D eigenvalue weighted by Crippen LogP contribution is -2.48. The van der Waals surface area contributed by atoms with Crippen molar-refractivity contribution in [1.82, 2.24) is 10.0 Å². The van der Waals surface area contributed by atoms with E-state index in [2.05, 4.69) is 10.6 Å². The predicted molar refractivity (Wildman–Crippen MR) is 192 cm³/mol. The van der Waals surface area contributed by atoms with Gasteiger partial charge in [0.1, 0.15) is 18.0 Å². The number of nitrogens with zero attached hydrogens (tertiary/aromatic N) is 2. The second-order valence-corrected chi connectivity index (χ2v) is 14.1. The first-order valence-electron chi connectivity index (χ1n) is 14.8. The fourth-order valence-corrected chi connectivity index (χ4v) is 7.51. The fraction of sp³-hybridized carbons (Fsp3) is 0.176. The number of hydrogen-bond donors (Lipinski definition) is 4. The van der Waals surface area contributed by atoms with E-state index < -0.39 is 59.8 Å². The van der Waals surface area contributed by atoms with Crippen molar-refractivity contribution in [1.29, 1.82) is 0 Å². The molecule has 2 amide bonds. The van der Waals surface area contributed by atoms with Gasteiger partial charge >= 0.3 is 11.9 Å². The van der Waals surface area contributed by atoms with Gasteiger partial charge in [0.05, 0.1) is 38.1 Å². The van der Waals surface area contributed by atoms with Gasteiger partial charge in [-0.3, -0.25) is 19.2 Å². The van der Waals surface area contributed by atoms with E-state index in [-0.39, 0.29) is 31.5 Å². The van der Waals surface area contributed by atoms with Crippen molar-refractivity contribution in [2.24, 2.45) is 11.8 Å². The Kier molecular flexibility index (Phi) is 10.6. The summed E-state index contributed by atoms with van der Waals surface area (Å²) in [4.78, 5) is 55.4. The molecule has 4 N–H and O–H groups in total. The molecule has 0 aliphatic carbocycles. The van der Waals surface area contributed by atoms with Gasteiger partial charge in [-0.1, -0.05) is 93.9 Å². The normalized spacial score (nSPS) is 23.3. The molecule has 2 heterocycles. The van der Waals surface area contributed by atoms with E-state index >= 15 is 0 Å². The fourth-order valence-electron chi connectivity index (χ4n) is 6.66. The highest BCUT2D eigenvalue weighted by molar-refractivity contribution is 6.42. The summed E-state index contributed by atoms with van der Waals surface area (Å²) in [5, 5.41) is 31.3. The summed E-state index contributed by atoms with van der Waals surface area (Å²) in [7, 11) is 0. The quantitative estimate of drug-likeness (QED) is 0.140. The van der Waals surface area contributed by atoms with E-state index in [1.165, 1.54) is 58.5 Å². The highest BCUT2D eigenvalue weighted by Gasteiger charge is 2.67. The highest BCUT2D eigenvalue weighted by Crippen LogP contribution is 2.55. The molecule has 258 valence electrons. The molecule has 2 aliphatic heterocycles. The zero-order chi connectivity index (χ0) is 36.0. The number of carbonyl (C=O) groups is 4. The average Bonchev–Trinajstić information content (AvgIpc) is 3.59. The van der Waals surface area contributed by atoms with Crippen molar-refractivity contribution >= 4 is 105 Å². The topological polar surface area (TPSA) is 139 Å². The van der Waals surface area contributed by atoms with Gasteiger partial charge in [0.2, 0.25) is 11.8 Å². The van der Waals surface area contributed by atoms with Crippen LogP contribution in [0.15, 0.2) is 84.9 Å². The number of halogens is 6. The van der Waals surface area contributed by atoms with E-state index in [4.69, 9.17) is 69.6 Å². The molecule has 6 atom stereocenters. The smallest absolute Gasteiger partial charge is 0.323 e. The summed E-state index contributed by atoms with van der Waals surface area (Å²) < 4.78 is 0. The minimum atomic E-state index is -1.68. The Morgan fingerprint density at radius 1 is 0.500 bits per heavy atom. The molecule has 0 bridgehead atoms. The number of nitrogens with one attached hydrogen (secondary N) is 2. The molecule has 0 unspecified atom stereocenters. The third-order valence-electron chi connectivity index (χ3n) is 8.67. The Morgan fingerprint density at radius 2 is 0.920 bits per heavy atom. The Balaban J connectivity index is 1.56. The third-order valence-corrected chi connectivity index (χ3v) is 10.7. The van der Waals surface area contributed by atoms with Crippen LogP contribution in [0.4, 0.5) is 11.4 Å². The van der Waals surface area contributed by atoms with E-state index in [9.17, 15) is 29.4 Å². The minimum absolute atomic E-state index is 0.136. The van der Waals surface area contributed by atoms with Gasteiger partial charge in [0.25, 0.3) is 0 Å². The molecule has 2 aliphatic rings. The molecule has 2 saturated heterocycles. The number of hydrogen-bond acceptors (Lipinski definition) is 6. The van der Waals surface area contributed by atoms with Gasteiger partial charge in [0.15, 0.2) is 0 Å². The number of rotatable bonds is 8. The van der Waals surface area contributed by atoms with E-state index in [1.807, 2.05) is 0 Å². The van der Waals surface area contributed by atoms with Crippen molar-refractivity contribution in [2.75, 3.05) is 10.6 Å². The van der Waals surface area contributed by atoms with Crippen molar-refractivity contribution in [2.45, 2.75) is 24.2 Å². The van der Waals surface area contributed by atoms with Crippen molar-refractivity contribution in [3.8, 4) is 0 Å². The zero-order valence-corrected chi connectivity index (χ0v) is 29.8.